The molecule has 0 aromatic carbocycles. The number of Topliss-reactive ketones (excluding diaryl/α,β-unsaturated/α-hetero) is 1. The van der Waals surface area contributed by atoms with Crippen LogP contribution < -0.4 is 5.32 Å². The fourth-order valence-electron chi connectivity index (χ4n) is 0.482. The fourth-order valence-corrected chi connectivity index (χ4v) is 0.824. The highest BCUT2D eigenvalue weighted by Gasteiger charge is 2.35. The Bertz CT molecular complexity index is 261. The molecule has 0 aliphatic carbocycles. The van der Waals surface area contributed by atoms with Crippen molar-refractivity contribution in [2.45, 2.75) is 10.7 Å². The highest BCUT2D eigenvalue weighted by atomic mass is 35.6. The zero-order valence-electron chi connectivity index (χ0n) is 9.27. The second kappa shape index (κ2) is 8.82. The van der Waals surface area contributed by atoms with Crippen LogP contribution in [-0.4, -0.2) is 36.2 Å². The molecule has 1 N–H and O–H groups in total. The SMILES string of the molecule is C=C(C(=O)OCC)C(=O)C(Cl)(Cl)Cl.CNC. The summed E-state index contributed by atoms with van der Waals surface area (Å²) in [5, 5.41) is 2.75. The maximum atomic E-state index is 11.1. The van der Waals surface area contributed by atoms with Gasteiger partial charge in [-0.05, 0) is 21.0 Å². The Kier molecular flexibility index (Phi) is 9.96. The smallest absolute Gasteiger partial charge is 0.341 e. The van der Waals surface area contributed by atoms with Crippen LogP contribution in [0.5, 0.6) is 0 Å². The summed E-state index contributed by atoms with van der Waals surface area (Å²) >= 11 is 15.7. The van der Waals surface area contributed by atoms with E-state index in [-0.39, 0.29) is 6.61 Å². The summed E-state index contributed by atoms with van der Waals surface area (Å²) in [6.45, 7) is 4.88. The lowest BCUT2D eigenvalue weighted by atomic mass is 10.2. The molecule has 0 rings (SSSR count). The van der Waals surface area contributed by atoms with Crippen LogP contribution in [0.15, 0.2) is 12.2 Å². The third-order valence-electron chi connectivity index (χ3n) is 1.05. The first-order valence-electron chi connectivity index (χ1n) is 4.28. The summed E-state index contributed by atoms with van der Waals surface area (Å²) < 4.78 is 2.32. The first-order chi connectivity index (χ1) is 7.22. The minimum absolute atomic E-state index is 0.130. The second-order valence-electron chi connectivity index (χ2n) is 2.53. The maximum Gasteiger partial charge on any atom is 0.341 e. The minimum atomic E-state index is -2.16. The van der Waals surface area contributed by atoms with E-state index in [9.17, 15) is 9.59 Å². The number of rotatable bonds is 3. The second-order valence-corrected chi connectivity index (χ2v) is 4.81. The van der Waals surface area contributed by atoms with Gasteiger partial charge in [0.05, 0.1) is 6.61 Å². The van der Waals surface area contributed by atoms with Gasteiger partial charge in [0.2, 0.25) is 5.78 Å². The normalized spacial score (nSPS) is 9.88. The van der Waals surface area contributed by atoms with Crippen LogP contribution in [0.2, 0.25) is 0 Å². The summed E-state index contributed by atoms with van der Waals surface area (Å²) in [5.41, 5.74) is -0.471. The first kappa shape index (κ1) is 18.1. The molecule has 0 fully saturated rings. The molecule has 0 amide bonds. The topological polar surface area (TPSA) is 55.4 Å². The number of hydrogen-bond acceptors (Lipinski definition) is 4. The van der Waals surface area contributed by atoms with Crippen LogP contribution in [0.25, 0.3) is 0 Å². The zero-order valence-corrected chi connectivity index (χ0v) is 11.5. The summed E-state index contributed by atoms with van der Waals surface area (Å²) in [6.07, 6.45) is 0. The van der Waals surface area contributed by atoms with Crippen molar-refractivity contribution < 1.29 is 14.3 Å². The molecule has 16 heavy (non-hydrogen) atoms. The Hall–Kier alpha value is -0.290. The number of carbonyl (C=O) groups is 2. The van der Waals surface area contributed by atoms with E-state index >= 15 is 0 Å². The molecule has 0 aliphatic heterocycles. The van der Waals surface area contributed by atoms with E-state index in [2.05, 4.69) is 16.6 Å². The lowest BCUT2D eigenvalue weighted by Crippen LogP contribution is -2.25. The summed E-state index contributed by atoms with van der Waals surface area (Å²) in [7, 11) is 3.75. The fraction of sp³-hybridized carbons (Fsp3) is 0.556. The van der Waals surface area contributed by atoms with Crippen molar-refractivity contribution in [3.63, 3.8) is 0 Å². The van der Waals surface area contributed by atoms with E-state index in [1.54, 1.807) is 6.92 Å². The number of ether oxygens (including phenoxy) is 1. The molecule has 0 bridgehead atoms. The number of alkyl halides is 3. The molecule has 0 heterocycles. The molecule has 0 radical (unpaired) electrons. The predicted molar refractivity (Wildman–Crippen MR) is 66.1 cm³/mol. The summed E-state index contributed by atoms with van der Waals surface area (Å²) in [5.74, 6) is -1.85. The van der Waals surface area contributed by atoms with Gasteiger partial charge >= 0.3 is 5.97 Å². The number of halogens is 3. The average Bonchev–Trinajstić information content (AvgIpc) is 2.15. The van der Waals surface area contributed by atoms with Gasteiger partial charge in [0.25, 0.3) is 3.79 Å². The third kappa shape index (κ3) is 7.93. The maximum absolute atomic E-state index is 11.1. The first-order valence-corrected chi connectivity index (χ1v) is 5.41. The van der Waals surface area contributed by atoms with E-state index < -0.39 is 21.1 Å². The molecule has 0 unspecified atom stereocenters. The number of nitrogens with one attached hydrogen (secondary N) is 1. The molecule has 94 valence electrons. The van der Waals surface area contributed by atoms with E-state index in [1.165, 1.54) is 0 Å². The van der Waals surface area contributed by atoms with Crippen LogP contribution in [-0.2, 0) is 14.3 Å². The molecule has 4 nitrogen and oxygen atoms in total. The van der Waals surface area contributed by atoms with Gasteiger partial charge in [0.1, 0.15) is 5.57 Å². The zero-order chi connectivity index (χ0) is 13.4. The Morgan fingerprint density at radius 1 is 1.31 bits per heavy atom. The molecule has 0 atom stereocenters. The molecule has 0 saturated carbocycles. The standard InChI is InChI=1S/C7H7Cl3O3.C2H7N/c1-3-13-6(12)4(2)5(11)7(8,9)10;1-3-2/h2-3H2,1H3;3H,1-2H3. The van der Waals surface area contributed by atoms with E-state index in [1.807, 2.05) is 14.1 Å². The van der Waals surface area contributed by atoms with Crippen LogP contribution in [0, 0.1) is 0 Å². The molecule has 7 heteroatoms. The van der Waals surface area contributed by atoms with Gasteiger partial charge in [-0.3, -0.25) is 4.79 Å². The van der Waals surface area contributed by atoms with Crippen molar-refractivity contribution in [3.05, 3.63) is 12.2 Å². The van der Waals surface area contributed by atoms with Gasteiger partial charge in [0, 0.05) is 0 Å². The third-order valence-corrected chi connectivity index (χ3v) is 1.57. The van der Waals surface area contributed by atoms with Gasteiger partial charge in [-0.1, -0.05) is 41.4 Å². The van der Waals surface area contributed by atoms with Gasteiger partial charge in [-0.15, -0.1) is 0 Å². The highest BCUT2D eigenvalue weighted by molar-refractivity contribution is 6.78. The monoisotopic (exact) mass is 289 g/mol. The van der Waals surface area contributed by atoms with Crippen molar-refractivity contribution in [1.29, 1.82) is 0 Å². The quantitative estimate of drug-likeness (QED) is 0.283. The van der Waals surface area contributed by atoms with Crippen molar-refractivity contribution in [3.8, 4) is 0 Å². The summed E-state index contributed by atoms with van der Waals surface area (Å²) in [6, 6.07) is 0. The Balaban J connectivity index is 0. The number of hydrogen-bond donors (Lipinski definition) is 1. The Morgan fingerprint density at radius 2 is 1.69 bits per heavy atom. The van der Waals surface area contributed by atoms with Crippen LogP contribution in [0.1, 0.15) is 6.92 Å². The van der Waals surface area contributed by atoms with Gasteiger partial charge in [-0.25, -0.2) is 4.79 Å². The number of esters is 1. The molecule has 0 aliphatic rings. The average molecular weight is 291 g/mol. The van der Waals surface area contributed by atoms with Gasteiger partial charge < -0.3 is 10.1 Å². The van der Waals surface area contributed by atoms with Crippen LogP contribution in [0.4, 0.5) is 0 Å². The van der Waals surface area contributed by atoms with Crippen molar-refractivity contribution in [2.24, 2.45) is 0 Å². The highest BCUT2D eigenvalue weighted by Crippen LogP contribution is 2.29. The van der Waals surface area contributed by atoms with Crippen molar-refractivity contribution >= 4 is 46.6 Å². The Morgan fingerprint density at radius 3 is 1.94 bits per heavy atom. The number of ketones is 1. The van der Waals surface area contributed by atoms with Crippen LogP contribution in [0.3, 0.4) is 0 Å². The van der Waals surface area contributed by atoms with Crippen molar-refractivity contribution in [2.75, 3.05) is 20.7 Å². The molecular weight excluding hydrogens is 276 g/mol. The van der Waals surface area contributed by atoms with Gasteiger partial charge in [-0.2, -0.15) is 0 Å². The lowest BCUT2D eigenvalue weighted by Gasteiger charge is -2.10. The summed E-state index contributed by atoms with van der Waals surface area (Å²) in [4.78, 5) is 22.0. The van der Waals surface area contributed by atoms with E-state index in [0.717, 1.165) is 0 Å². The van der Waals surface area contributed by atoms with E-state index in [4.69, 9.17) is 34.8 Å². The minimum Gasteiger partial charge on any atom is -0.462 e. The molecule has 0 saturated heterocycles. The lowest BCUT2D eigenvalue weighted by molar-refractivity contribution is -0.139. The predicted octanol–water partition coefficient (Wildman–Crippen LogP) is 1.88. The molecule has 0 aromatic rings. The van der Waals surface area contributed by atoms with Crippen molar-refractivity contribution in [1.82, 2.24) is 5.32 Å². The molecular formula is C9H14Cl3NO3. The van der Waals surface area contributed by atoms with Crippen LogP contribution >= 0.6 is 34.8 Å². The number of carbonyl (C=O) groups excluding carboxylic acids is 2. The molecule has 0 aromatic heterocycles. The molecule has 0 spiro atoms. The largest absolute Gasteiger partial charge is 0.462 e. The van der Waals surface area contributed by atoms with Gasteiger partial charge in [0.15, 0.2) is 0 Å². The van der Waals surface area contributed by atoms with E-state index in [0.29, 0.717) is 0 Å². The Labute approximate surface area is 110 Å².